The van der Waals surface area contributed by atoms with Crippen LogP contribution in [0, 0.1) is 19.8 Å². The molecule has 0 N–H and O–H groups in total. The molecule has 0 bridgehead atoms. The topological polar surface area (TPSA) is 52.3 Å². The summed E-state index contributed by atoms with van der Waals surface area (Å²) in [6.07, 6.45) is 18.3. The van der Waals surface area contributed by atoms with E-state index in [-0.39, 0.29) is 21.9 Å². The average Bonchev–Trinajstić information content (AvgIpc) is 3.36. The molecular weight excluding hydrogens is 528 g/mol. The Balaban J connectivity index is -0.000000650. The second kappa shape index (κ2) is 22.4. The van der Waals surface area contributed by atoms with Gasteiger partial charge in [-0.2, -0.15) is 0 Å². The van der Waals surface area contributed by atoms with Gasteiger partial charge in [0.1, 0.15) is 22.7 Å². The van der Waals surface area contributed by atoms with Crippen LogP contribution in [-0.2, 0) is 4.74 Å². The first-order valence-corrected chi connectivity index (χ1v) is 15.5. The summed E-state index contributed by atoms with van der Waals surface area (Å²) in [5, 5.41) is 0. The zero-order valence-corrected chi connectivity index (χ0v) is 27.7. The van der Waals surface area contributed by atoms with E-state index in [2.05, 4.69) is 93.2 Å². The number of aromatic nitrogens is 4. The van der Waals surface area contributed by atoms with Crippen LogP contribution in [-0.4, -0.2) is 25.0 Å². The predicted octanol–water partition coefficient (Wildman–Crippen LogP) is 12.2. The van der Waals surface area contributed by atoms with Crippen molar-refractivity contribution >= 4 is 11.7 Å². The molecule has 0 aliphatic heterocycles. The Morgan fingerprint density at radius 3 is 2.37 bits per heavy atom. The van der Waals surface area contributed by atoms with Crippen LogP contribution in [0.2, 0.25) is 0 Å². The zero-order valence-electron chi connectivity index (χ0n) is 27.7. The van der Waals surface area contributed by atoms with E-state index in [9.17, 15) is 0 Å². The number of imidazole rings is 1. The van der Waals surface area contributed by atoms with E-state index in [1.54, 1.807) is 0 Å². The van der Waals surface area contributed by atoms with E-state index >= 15 is 0 Å². The van der Waals surface area contributed by atoms with Gasteiger partial charge < -0.3 is 4.74 Å². The number of allylic oxidation sites excluding steroid dienone is 2. The van der Waals surface area contributed by atoms with Crippen molar-refractivity contribution in [3.05, 3.63) is 71.7 Å². The summed E-state index contributed by atoms with van der Waals surface area (Å²) in [7, 11) is 0. The van der Waals surface area contributed by atoms with E-state index in [0.717, 1.165) is 53.7 Å². The summed E-state index contributed by atoms with van der Waals surface area (Å²) in [4.78, 5) is 13.7. The lowest BCUT2D eigenvalue weighted by Crippen LogP contribution is -2.21. The lowest BCUT2D eigenvalue weighted by molar-refractivity contribution is 0.0332. The van der Waals surface area contributed by atoms with Crippen LogP contribution >= 0.6 is 0 Å². The molecule has 0 spiro atoms. The number of unbranched alkanes of at least 4 members (excludes halogenated alkanes) is 3. The van der Waals surface area contributed by atoms with Crippen molar-refractivity contribution in [3.63, 3.8) is 0 Å². The minimum absolute atomic E-state index is 0. The van der Waals surface area contributed by atoms with Gasteiger partial charge in [-0.3, -0.25) is 4.40 Å². The number of fused-ring (bicyclic) bond motifs is 1. The van der Waals surface area contributed by atoms with Gasteiger partial charge in [0.05, 0.1) is 11.9 Å². The highest BCUT2D eigenvalue weighted by Crippen LogP contribution is 2.20. The molecule has 0 saturated heterocycles. The number of rotatable bonds is 12. The third-order valence-corrected chi connectivity index (χ3v) is 7.03. The number of nitrogens with zero attached hydrogens (tertiary/aromatic N) is 4. The second-order valence-electron chi connectivity index (χ2n) is 11.5. The molecule has 5 nitrogen and oxygen atoms in total. The maximum atomic E-state index is 5.48. The predicted molar refractivity (Wildman–Crippen MR) is 193 cm³/mol. The largest absolute Gasteiger partial charge is 0.485 e. The first-order chi connectivity index (χ1) is 19.5. The van der Waals surface area contributed by atoms with Crippen LogP contribution in [0.5, 0.6) is 0 Å². The van der Waals surface area contributed by atoms with E-state index in [4.69, 9.17) is 4.74 Å². The highest BCUT2D eigenvalue weighted by molar-refractivity contribution is 5.59. The molecule has 0 saturated carbocycles. The number of ether oxygens (including phenoxy) is 1. The van der Waals surface area contributed by atoms with Crippen molar-refractivity contribution in [1.29, 1.82) is 0 Å². The Morgan fingerprint density at radius 2 is 1.79 bits per heavy atom. The Labute approximate surface area is 267 Å². The number of hydrogen-bond acceptors (Lipinski definition) is 4. The van der Waals surface area contributed by atoms with Gasteiger partial charge in [0.15, 0.2) is 5.82 Å². The van der Waals surface area contributed by atoms with Crippen LogP contribution in [0.25, 0.3) is 23.2 Å². The summed E-state index contributed by atoms with van der Waals surface area (Å²) < 4.78 is 7.52. The van der Waals surface area contributed by atoms with Gasteiger partial charge in [0.2, 0.25) is 0 Å². The molecule has 0 aliphatic rings. The van der Waals surface area contributed by atoms with Crippen LogP contribution in [0.1, 0.15) is 140 Å². The highest BCUT2D eigenvalue weighted by atomic mass is 16.5. The maximum Gasteiger partial charge on any atom is 0.178 e. The van der Waals surface area contributed by atoms with Crippen molar-refractivity contribution in [2.75, 3.05) is 0 Å². The summed E-state index contributed by atoms with van der Waals surface area (Å²) >= 11 is 0. The second-order valence-corrected chi connectivity index (χ2v) is 11.5. The van der Waals surface area contributed by atoms with Crippen molar-refractivity contribution in [3.8, 4) is 11.5 Å². The number of aryl methyl sites for hydroxylation is 2. The molecule has 3 aromatic heterocycles. The molecule has 244 valence electrons. The number of hydrogen-bond donors (Lipinski definition) is 0. The molecule has 0 unspecified atom stereocenters. The van der Waals surface area contributed by atoms with Gasteiger partial charge in [-0.25, -0.2) is 15.0 Å². The van der Waals surface area contributed by atoms with E-state index in [0.29, 0.717) is 5.82 Å². The molecule has 3 heterocycles. The quantitative estimate of drug-likeness (QED) is 0.119. The molecule has 0 aromatic carbocycles. The summed E-state index contributed by atoms with van der Waals surface area (Å²) in [5.74, 6) is 2.44. The zero-order chi connectivity index (χ0) is 30.8. The van der Waals surface area contributed by atoms with Crippen molar-refractivity contribution < 1.29 is 6.16 Å². The average molecular weight is 595 g/mol. The van der Waals surface area contributed by atoms with Gasteiger partial charge in [0, 0.05) is 20.2 Å². The molecule has 0 aliphatic carbocycles. The Kier molecular flexibility index (Phi) is 21.8. The normalized spacial score (nSPS) is 11.2. The van der Waals surface area contributed by atoms with Crippen LogP contribution in [0.3, 0.4) is 0 Å². The molecule has 1 atom stereocenters. The summed E-state index contributed by atoms with van der Waals surface area (Å²) in [6, 6.07) is 6.07. The molecule has 43 heavy (non-hydrogen) atoms. The maximum absolute atomic E-state index is 5.48. The third-order valence-electron chi connectivity index (χ3n) is 7.03. The van der Waals surface area contributed by atoms with Gasteiger partial charge in [-0.05, 0) is 70.2 Å². The molecule has 0 amide bonds. The van der Waals surface area contributed by atoms with Gasteiger partial charge in [-0.1, -0.05) is 112 Å². The Bertz CT molecular complexity index is 1250. The first kappa shape index (κ1) is 42.0. The van der Waals surface area contributed by atoms with E-state index in [1.165, 1.54) is 37.7 Å². The Hall–Kier alpha value is -3.17. The molecule has 5 heteroatoms. The van der Waals surface area contributed by atoms with Crippen molar-refractivity contribution in [1.82, 2.24) is 19.4 Å². The fourth-order valence-electron chi connectivity index (χ4n) is 3.89. The highest BCUT2D eigenvalue weighted by Gasteiger charge is 2.15. The van der Waals surface area contributed by atoms with Crippen LogP contribution in [0.4, 0.5) is 0 Å². The SMILES string of the molecule is C.C.C=C=C(C)OC(C)(C)CC.CCCC=Cc1cc(C)nc(-c2cnc3ccc(C)cn23)n1.CCCCC[C@@H](C)CC.[HH]. The minimum atomic E-state index is -0.0746. The van der Waals surface area contributed by atoms with Gasteiger partial charge in [0.25, 0.3) is 0 Å². The fraction of sp³-hybridized carbons (Fsp3) is 0.579. The lowest BCUT2D eigenvalue weighted by Gasteiger charge is -2.24. The monoisotopic (exact) mass is 595 g/mol. The third kappa shape index (κ3) is 16.3. The first-order valence-electron chi connectivity index (χ1n) is 15.5. The Morgan fingerprint density at radius 1 is 1.09 bits per heavy atom. The molecule has 3 aromatic rings. The molecular formula is C38H66N4O. The molecule has 0 radical (unpaired) electrons. The van der Waals surface area contributed by atoms with E-state index < -0.39 is 0 Å². The summed E-state index contributed by atoms with van der Waals surface area (Å²) in [5.41, 5.74) is 7.55. The van der Waals surface area contributed by atoms with Gasteiger partial charge >= 0.3 is 0 Å². The van der Waals surface area contributed by atoms with Crippen molar-refractivity contribution in [2.24, 2.45) is 5.92 Å². The fourth-order valence-corrected chi connectivity index (χ4v) is 3.89. The van der Waals surface area contributed by atoms with Crippen LogP contribution < -0.4 is 0 Å². The summed E-state index contributed by atoms with van der Waals surface area (Å²) in [6.45, 7) is 24.7. The molecule has 3 rings (SSSR count). The molecule has 0 fully saturated rings. The van der Waals surface area contributed by atoms with E-state index in [1.807, 2.05) is 50.4 Å². The smallest absolute Gasteiger partial charge is 0.178 e. The van der Waals surface area contributed by atoms with Crippen molar-refractivity contribution in [2.45, 2.75) is 141 Å². The lowest BCUT2D eigenvalue weighted by atomic mass is 10.0. The van der Waals surface area contributed by atoms with Gasteiger partial charge in [-0.15, -0.1) is 0 Å². The minimum Gasteiger partial charge on any atom is -0.485 e. The number of pyridine rings is 1. The standard InChI is InChI=1S/C18H20N4.C9H16O.C9H20.2CH4.H2/c1-4-5-6-7-15-10-14(3)20-18(21-15)16-11-19-17-9-8-13(2)12-22(16)17;1-6-8(3)10-9(4,5)7-2;1-4-6-7-8-9(3)5-2;;;/h6-12H,4-5H2,1-3H3;1,7H2,2-5H3;9H,4-8H2,1-3H3;2*1H4;1H/t;;9-;;;/m..0.../s1. The van der Waals surface area contributed by atoms with Crippen LogP contribution in [0.15, 0.2) is 54.7 Å².